The molecule has 2 rings (SSSR count). The number of benzene rings is 1. The SMILES string of the molecule is COc1cc(F)cc(NC2/C=C/CCCCC2)c1. The van der Waals surface area contributed by atoms with E-state index in [-0.39, 0.29) is 11.9 Å². The van der Waals surface area contributed by atoms with Crippen LogP contribution < -0.4 is 10.1 Å². The molecule has 0 saturated carbocycles. The first-order valence-electron chi connectivity index (χ1n) is 6.56. The zero-order chi connectivity index (χ0) is 12.8. The van der Waals surface area contributed by atoms with Crippen LogP contribution in [-0.4, -0.2) is 13.2 Å². The number of halogens is 1. The molecule has 18 heavy (non-hydrogen) atoms. The van der Waals surface area contributed by atoms with Crippen molar-refractivity contribution in [3.05, 3.63) is 36.2 Å². The van der Waals surface area contributed by atoms with Crippen LogP contribution in [0.1, 0.15) is 32.1 Å². The number of ether oxygens (including phenoxy) is 1. The molecule has 0 spiro atoms. The molecule has 2 nitrogen and oxygen atoms in total. The summed E-state index contributed by atoms with van der Waals surface area (Å²) in [6.07, 6.45) is 10.4. The molecule has 98 valence electrons. The van der Waals surface area contributed by atoms with Crippen molar-refractivity contribution >= 4 is 5.69 Å². The maximum absolute atomic E-state index is 13.4. The second kappa shape index (κ2) is 6.43. The monoisotopic (exact) mass is 249 g/mol. The first kappa shape index (κ1) is 12.9. The lowest BCUT2D eigenvalue weighted by atomic mass is 10.0. The lowest BCUT2D eigenvalue weighted by Crippen LogP contribution is -2.17. The number of methoxy groups -OCH3 is 1. The Bertz CT molecular complexity index is 417. The Morgan fingerprint density at radius 1 is 1.22 bits per heavy atom. The van der Waals surface area contributed by atoms with Crippen LogP contribution >= 0.6 is 0 Å². The minimum absolute atomic E-state index is 0.272. The molecule has 0 bridgehead atoms. The Morgan fingerprint density at radius 2 is 2.11 bits per heavy atom. The van der Waals surface area contributed by atoms with Crippen LogP contribution in [0, 0.1) is 5.82 Å². The van der Waals surface area contributed by atoms with Gasteiger partial charge in [-0.25, -0.2) is 4.39 Å². The van der Waals surface area contributed by atoms with Gasteiger partial charge < -0.3 is 10.1 Å². The topological polar surface area (TPSA) is 21.3 Å². The summed E-state index contributed by atoms with van der Waals surface area (Å²) in [4.78, 5) is 0. The van der Waals surface area contributed by atoms with E-state index in [0.717, 1.165) is 18.5 Å². The minimum Gasteiger partial charge on any atom is -0.497 e. The summed E-state index contributed by atoms with van der Waals surface area (Å²) >= 11 is 0. The quantitative estimate of drug-likeness (QED) is 0.813. The van der Waals surface area contributed by atoms with Crippen molar-refractivity contribution in [2.45, 2.75) is 38.1 Å². The van der Waals surface area contributed by atoms with Gasteiger partial charge in [0.15, 0.2) is 0 Å². The first-order valence-corrected chi connectivity index (χ1v) is 6.56. The lowest BCUT2D eigenvalue weighted by Gasteiger charge is -2.18. The molecule has 0 fully saturated rings. The fourth-order valence-corrected chi connectivity index (χ4v) is 2.26. The molecule has 0 heterocycles. The molecule has 0 aliphatic heterocycles. The average molecular weight is 249 g/mol. The van der Waals surface area contributed by atoms with Crippen molar-refractivity contribution < 1.29 is 9.13 Å². The molecule has 1 aliphatic rings. The fourth-order valence-electron chi connectivity index (χ4n) is 2.26. The lowest BCUT2D eigenvalue weighted by molar-refractivity contribution is 0.411. The van der Waals surface area contributed by atoms with E-state index >= 15 is 0 Å². The van der Waals surface area contributed by atoms with Crippen LogP contribution in [0.4, 0.5) is 10.1 Å². The standard InChI is InChI=1S/C15H20FNO/c1-18-15-10-12(16)9-14(11-15)17-13-7-5-3-2-4-6-8-13/h5,7,9-11,13,17H,2-4,6,8H2,1H3/b7-5+. The van der Waals surface area contributed by atoms with Gasteiger partial charge in [-0.1, -0.05) is 25.0 Å². The first-order chi connectivity index (χ1) is 8.78. The summed E-state index contributed by atoms with van der Waals surface area (Å²) in [6, 6.07) is 5.01. The summed E-state index contributed by atoms with van der Waals surface area (Å²) in [6.45, 7) is 0. The highest BCUT2D eigenvalue weighted by molar-refractivity contribution is 5.50. The molecule has 0 aromatic heterocycles. The Balaban J connectivity index is 2.07. The van der Waals surface area contributed by atoms with Crippen LogP contribution in [-0.2, 0) is 0 Å². The Morgan fingerprint density at radius 3 is 2.94 bits per heavy atom. The predicted molar refractivity (Wildman–Crippen MR) is 72.6 cm³/mol. The Labute approximate surface area is 108 Å². The highest BCUT2D eigenvalue weighted by Crippen LogP contribution is 2.22. The van der Waals surface area contributed by atoms with Crippen LogP contribution in [0.2, 0.25) is 0 Å². The summed E-state index contributed by atoms with van der Waals surface area (Å²) in [5, 5.41) is 3.36. The highest BCUT2D eigenvalue weighted by atomic mass is 19.1. The van der Waals surface area contributed by atoms with Crippen molar-refractivity contribution in [1.29, 1.82) is 0 Å². The summed E-state index contributed by atoms with van der Waals surface area (Å²) in [5.41, 5.74) is 0.780. The Hall–Kier alpha value is -1.51. The largest absolute Gasteiger partial charge is 0.497 e. The highest BCUT2D eigenvalue weighted by Gasteiger charge is 2.08. The molecule has 1 unspecified atom stereocenters. The fraction of sp³-hybridized carbons (Fsp3) is 0.467. The van der Waals surface area contributed by atoms with Gasteiger partial charge in [-0.3, -0.25) is 0 Å². The Kier molecular flexibility index (Phi) is 4.62. The van der Waals surface area contributed by atoms with Gasteiger partial charge in [0.1, 0.15) is 11.6 Å². The zero-order valence-electron chi connectivity index (χ0n) is 10.8. The second-order valence-electron chi connectivity index (χ2n) is 4.70. The molecule has 1 atom stereocenters. The van der Waals surface area contributed by atoms with Crippen molar-refractivity contribution in [2.24, 2.45) is 0 Å². The van der Waals surface area contributed by atoms with Crippen molar-refractivity contribution in [1.82, 2.24) is 0 Å². The van der Waals surface area contributed by atoms with Gasteiger partial charge in [0.05, 0.1) is 7.11 Å². The van der Waals surface area contributed by atoms with Crippen LogP contribution in [0.15, 0.2) is 30.4 Å². The van der Waals surface area contributed by atoms with E-state index in [2.05, 4.69) is 17.5 Å². The van der Waals surface area contributed by atoms with Gasteiger partial charge >= 0.3 is 0 Å². The summed E-state index contributed by atoms with van der Waals surface area (Å²) < 4.78 is 18.4. The van der Waals surface area contributed by atoms with Crippen molar-refractivity contribution in [3.63, 3.8) is 0 Å². The molecule has 0 radical (unpaired) electrons. The summed E-state index contributed by atoms with van der Waals surface area (Å²) in [7, 11) is 1.55. The second-order valence-corrected chi connectivity index (χ2v) is 4.70. The van der Waals surface area contributed by atoms with Gasteiger partial charge in [0.25, 0.3) is 0 Å². The number of nitrogens with one attached hydrogen (secondary N) is 1. The molecule has 1 aromatic carbocycles. The van der Waals surface area contributed by atoms with Crippen LogP contribution in [0.3, 0.4) is 0 Å². The third-order valence-corrected chi connectivity index (χ3v) is 3.21. The third kappa shape index (κ3) is 3.76. The number of anilines is 1. The molecule has 1 aromatic rings. The van der Waals surface area contributed by atoms with E-state index in [4.69, 9.17) is 4.74 Å². The van der Waals surface area contributed by atoms with Gasteiger partial charge in [-0.15, -0.1) is 0 Å². The van der Waals surface area contributed by atoms with Gasteiger partial charge in [0.2, 0.25) is 0 Å². The van der Waals surface area contributed by atoms with E-state index in [1.54, 1.807) is 7.11 Å². The van der Waals surface area contributed by atoms with E-state index in [1.165, 1.54) is 31.4 Å². The molecule has 1 aliphatic carbocycles. The van der Waals surface area contributed by atoms with Gasteiger partial charge in [0, 0.05) is 23.9 Å². The number of hydrogen-bond donors (Lipinski definition) is 1. The van der Waals surface area contributed by atoms with Gasteiger partial charge in [-0.2, -0.15) is 0 Å². The molecular formula is C15H20FNO. The molecular weight excluding hydrogens is 229 g/mol. The predicted octanol–water partition coefficient (Wildman–Crippen LogP) is 4.14. The van der Waals surface area contributed by atoms with E-state index in [9.17, 15) is 4.39 Å². The summed E-state index contributed by atoms with van der Waals surface area (Å²) in [5.74, 6) is 0.277. The van der Waals surface area contributed by atoms with E-state index < -0.39 is 0 Å². The number of allylic oxidation sites excluding steroid dienone is 1. The molecule has 1 N–H and O–H groups in total. The zero-order valence-corrected chi connectivity index (χ0v) is 10.8. The smallest absolute Gasteiger partial charge is 0.128 e. The number of rotatable bonds is 3. The van der Waals surface area contributed by atoms with Crippen LogP contribution in [0.25, 0.3) is 0 Å². The van der Waals surface area contributed by atoms with Crippen LogP contribution in [0.5, 0.6) is 5.75 Å². The maximum Gasteiger partial charge on any atom is 0.128 e. The molecule has 0 saturated heterocycles. The maximum atomic E-state index is 13.4. The van der Waals surface area contributed by atoms with E-state index in [1.807, 2.05) is 6.07 Å². The third-order valence-electron chi connectivity index (χ3n) is 3.21. The van der Waals surface area contributed by atoms with Gasteiger partial charge in [-0.05, 0) is 25.3 Å². The number of hydrogen-bond acceptors (Lipinski definition) is 2. The normalized spacial score (nSPS) is 21.8. The van der Waals surface area contributed by atoms with E-state index in [0.29, 0.717) is 5.75 Å². The van der Waals surface area contributed by atoms with Crippen molar-refractivity contribution in [2.75, 3.05) is 12.4 Å². The average Bonchev–Trinajstić information content (AvgIpc) is 2.31. The molecule has 0 amide bonds. The van der Waals surface area contributed by atoms with Crippen molar-refractivity contribution in [3.8, 4) is 5.75 Å². The molecule has 3 heteroatoms. The minimum atomic E-state index is -0.272.